The number of amides is 1. The third kappa shape index (κ3) is 5.58. The standard InChI is InChI=1S/C20H26N6O2/c1-25(2)20-23-13-16(14-24-20)6-7-19(27)22-15-18(17-5-3-4-8-21-17)26-9-11-28-12-10-26/h3-8,13-14,18H,9-12,15H2,1-2H3,(H,22,27). The Labute approximate surface area is 165 Å². The van der Waals surface area contributed by atoms with Gasteiger partial charge >= 0.3 is 0 Å². The molecule has 1 N–H and O–H groups in total. The Morgan fingerprint density at radius 2 is 2.00 bits per heavy atom. The van der Waals surface area contributed by atoms with Gasteiger partial charge in [-0.3, -0.25) is 14.7 Å². The molecule has 1 saturated heterocycles. The van der Waals surface area contributed by atoms with E-state index in [-0.39, 0.29) is 11.9 Å². The van der Waals surface area contributed by atoms with Crippen molar-refractivity contribution in [3.05, 3.63) is 54.1 Å². The molecule has 8 nitrogen and oxygen atoms in total. The molecule has 1 atom stereocenters. The molecule has 2 aromatic rings. The second kappa shape index (κ2) is 9.91. The molecule has 1 amide bonds. The Morgan fingerprint density at radius 3 is 2.64 bits per heavy atom. The fraction of sp³-hybridized carbons (Fsp3) is 0.400. The molecule has 1 aliphatic rings. The van der Waals surface area contributed by atoms with Crippen LogP contribution in [0.4, 0.5) is 5.95 Å². The Morgan fingerprint density at radius 1 is 1.25 bits per heavy atom. The Hall–Kier alpha value is -2.84. The van der Waals surface area contributed by atoms with E-state index in [0.717, 1.165) is 24.3 Å². The lowest BCUT2D eigenvalue weighted by Gasteiger charge is -2.34. The number of anilines is 1. The number of hydrogen-bond acceptors (Lipinski definition) is 7. The van der Waals surface area contributed by atoms with Crippen LogP contribution in [0.15, 0.2) is 42.9 Å². The topological polar surface area (TPSA) is 83.5 Å². The molecule has 28 heavy (non-hydrogen) atoms. The van der Waals surface area contributed by atoms with Crippen molar-refractivity contribution in [1.82, 2.24) is 25.2 Å². The number of carbonyl (C=O) groups is 1. The van der Waals surface area contributed by atoms with E-state index in [2.05, 4.69) is 25.2 Å². The highest BCUT2D eigenvalue weighted by Crippen LogP contribution is 2.19. The third-order valence-electron chi connectivity index (χ3n) is 4.47. The molecule has 1 fully saturated rings. The number of hydrogen-bond donors (Lipinski definition) is 1. The van der Waals surface area contributed by atoms with Crippen LogP contribution in [0.25, 0.3) is 6.08 Å². The van der Waals surface area contributed by atoms with Gasteiger partial charge in [-0.15, -0.1) is 0 Å². The first-order chi connectivity index (χ1) is 13.6. The summed E-state index contributed by atoms with van der Waals surface area (Å²) >= 11 is 0. The van der Waals surface area contributed by atoms with Gasteiger partial charge in [0.05, 0.1) is 24.9 Å². The minimum absolute atomic E-state index is 0.0187. The second-order valence-corrected chi connectivity index (χ2v) is 6.71. The largest absolute Gasteiger partial charge is 0.379 e. The van der Waals surface area contributed by atoms with Gasteiger partial charge in [0.25, 0.3) is 0 Å². The smallest absolute Gasteiger partial charge is 0.244 e. The van der Waals surface area contributed by atoms with Gasteiger partial charge in [-0.25, -0.2) is 9.97 Å². The number of rotatable bonds is 7. The fourth-order valence-electron chi connectivity index (χ4n) is 2.96. The van der Waals surface area contributed by atoms with Crippen LogP contribution in [0.5, 0.6) is 0 Å². The summed E-state index contributed by atoms with van der Waals surface area (Å²) in [6.45, 7) is 3.52. The lowest BCUT2D eigenvalue weighted by molar-refractivity contribution is -0.116. The predicted molar refractivity (Wildman–Crippen MR) is 108 cm³/mol. The van der Waals surface area contributed by atoms with Crippen LogP contribution in [-0.4, -0.2) is 72.7 Å². The first-order valence-electron chi connectivity index (χ1n) is 9.31. The fourth-order valence-corrected chi connectivity index (χ4v) is 2.96. The van der Waals surface area contributed by atoms with E-state index in [4.69, 9.17) is 4.74 Å². The van der Waals surface area contributed by atoms with Crippen LogP contribution in [-0.2, 0) is 9.53 Å². The molecule has 1 aliphatic heterocycles. The third-order valence-corrected chi connectivity index (χ3v) is 4.47. The number of ether oxygens (including phenoxy) is 1. The van der Waals surface area contributed by atoms with Crippen molar-refractivity contribution in [1.29, 1.82) is 0 Å². The molecular formula is C20H26N6O2. The van der Waals surface area contributed by atoms with Crippen molar-refractivity contribution in [2.75, 3.05) is 51.8 Å². The molecular weight excluding hydrogens is 356 g/mol. The van der Waals surface area contributed by atoms with Crippen LogP contribution in [0.2, 0.25) is 0 Å². The van der Waals surface area contributed by atoms with Crippen molar-refractivity contribution in [2.45, 2.75) is 6.04 Å². The van der Waals surface area contributed by atoms with Crippen LogP contribution >= 0.6 is 0 Å². The highest BCUT2D eigenvalue weighted by molar-refractivity contribution is 5.91. The quantitative estimate of drug-likeness (QED) is 0.719. The Kier molecular flexibility index (Phi) is 7.05. The molecule has 1 unspecified atom stereocenters. The van der Waals surface area contributed by atoms with Crippen LogP contribution in [0.1, 0.15) is 17.3 Å². The summed E-state index contributed by atoms with van der Waals surface area (Å²) in [5.74, 6) is 0.469. The zero-order valence-electron chi connectivity index (χ0n) is 16.3. The summed E-state index contributed by atoms with van der Waals surface area (Å²) in [5.41, 5.74) is 1.72. The van der Waals surface area contributed by atoms with Crippen LogP contribution in [0.3, 0.4) is 0 Å². The number of morpholine rings is 1. The monoisotopic (exact) mass is 382 g/mol. The molecule has 0 spiro atoms. The number of nitrogens with zero attached hydrogens (tertiary/aromatic N) is 5. The minimum Gasteiger partial charge on any atom is -0.379 e. The van der Waals surface area contributed by atoms with E-state index < -0.39 is 0 Å². The molecule has 0 radical (unpaired) electrons. The number of pyridine rings is 1. The van der Waals surface area contributed by atoms with Gasteiger partial charge in [0.1, 0.15) is 0 Å². The van der Waals surface area contributed by atoms with E-state index in [1.54, 1.807) is 24.7 Å². The molecule has 0 aromatic carbocycles. The lowest BCUT2D eigenvalue weighted by atomic mass is 10.1. The van der Waals surface area contributed by atoms with Gasteiger partial charge in [0.15, 0.2) is 0 Å². The van der Waals surface area contributed by atoms with E-state index in [1.807, 2.05) is 37.2 Å². The summed E-state index contributed by atoms with van der Waals surface area (Å²) in [6.07, 6.45) is 8.37. The van der Waals surface area contributed by atoms with Crippen molar-refractivity contribution >= 4 is 17.9 Å². The van der Waals surface area contributed by atoms with E-state index in [9.17, 15) is 4.79 Å². The molecule has 148 valence electrons. The number of aromatic nitrogens is 3. The molecule has 3 rings (SSSR count). The summed E-state index contributed by atoms with van der Waals surface area (Å²) in [7, 11) is 3.76. The van der Waals surface area contributed by atoms with Gasteiger partial charge in [-0.1, -0.05) is 6.07 Å². The maximum atomic E-state index is 12.3. The average Bonchev–Trinajstić information content (AvgIpc) is 2.74. The van der Waals surface area contributed by atoms with Gasteiger partial charge in [0, 0.05) is 64.0 Å². The summed E-state index contributed by atoms with van der Waals surface area (Å²) in [5, 5.41) is 2.98. The van der Waals surface area contributed by atoms with E-state index >= 15 is 0 Å². The number of nitrogens with one attached hydrogen (secondary N) is 1. The normalized spacial score (nSPS) is 16.1. The molecule has 8 heteroatoms. The zero-order valence-corrected chi connectivity index (χ0v) is 16.3. The first-order valence-corrected chi connectivity index (χ1v) is 9.31. The maximum absolute atomic E-state index is 12.3. The van der Waals surface area contributed by atoms with Crippen molar-refractivity contribution in [3.63, 3.8) is 0 Å². The SMILES string of the molecule is CN(C)c1ncc(C=CC(=O)NCC(c2ccccn2)N2CCOCC2)cn1. The molecule has 0 aliphatic carbocycles. The van der Waals surface area contributed by atoms with Crippen molar-refractivity contribution in [3.8, 4) is 0 Å². The zero-order chi connectivity index (χ0) is 19.8. The second-order valence-electron chi connectivity index (χ2n) is 6.71. The summed E-state index contributed by atoms with van der Waals surface area (Å²) in [4.78, 5) is 29.4. The summed E-state index contributed by atoms with van der Waals surface area (Å²) < 4.78 is 5.45. The minimum atomic E-state index is -0.161. The van der Waals surface area contributed by atoms with Crippen LogP contribution in [0, 0.1) is 0 Å². The Bertz CT molecular complexity index is 773. The predicted octanol–water partition coefficient (Wildman–Crippen LogP) is 1.14. The maximum Gasteiger partial charge on any atom is 0.244 e. The van der Waals surface area contributed by atoms with Crippen molar-refractivity contribution in [2.24, 2.45) is 0 Å². The average molecular weight is 382 g/mol. The molecule has 2 aromatic heterocycles. The van der Waals surface area contributed by atoms with Gasteiger partial charge in [-0.2, -0.15) is 0 Å². The van der Waals surface area contributed by atoms with E-state index in [1.165, 1.54) is 6.08 Å². The first kappa shape index (κ1) is 19.9. The van der Waals surface area contributed by atoms with Crippen molar-refractivity contribution < 1.29 is 9.53 Å². The molecule has 0 bridgehead atoms. The summed E-state index contributed by atoms with van der Waals surface area (Å²) in [6, 6.07) is 5.87. The van der Waals surface area contributed by atoms with Crippen LogP contribution < -0.4 is 10.2 Å². The highest BCUT2D eigenvalue weighted by atomic mass is 16.5. The van der Waals surface area contributed by atoms with Gasteiger partial charge in [0.2, 0.25) is 11.9 Å². The van der Waals surface area contributed by atoms with Gasteiger partial charge in [-0.05, 0) is 18.2 Å². The lowest BCUT2D eigenvalue weighted by Crippen LogP contribution is -2.43. The molecule has 0 saturated carbocycles. The highest BCUT2D eigenvalue weighted by Gasteiger charge is 2.23. The molecule has 3 heterocycles. The Balaban J connectivity index is 1.59. The van der Waals surface area contributed by atoms with Gasteiger partial charge < -0.3 is 15.0 Å². The number of carbonyl (C=O) groups excluding carboxylic acids is 1. The van der Waals surface area contributed by atoms with E-state index in [0.29, 0.717) is 25.7 Å².